The van der Waals surface area contributed by atoms with Gasteiger partial charge in [-0.3, -0.25) is 18.6 Å². The first-order chi connectivity index (χ1) is 32.9. The molecule has 3 unspecified atom stereocenters. The van der Waals surface area contributed by atoms with Gasteiger partial charge in [-0.1, -0.05) is 208 Å². The zero-order valence-electron chi connectivity index (χ0n) is 44.1. The summed E-state index contributed by atoms with van der Waals surface area (Å²) in [6, 6.07) is -0.901. The molecule has 0 spiro atoms. The summed E-state index contributed by atoms with van der Waals surface area (Å²) in [4.78, 5) is 37.4. The van der Waals surface area contributed by atoms with Gasteiger partial charge in [0, 0.05) is 12.8 Å². The maximum absolute atomic E-state index is 13.4. The Bertz CT molecular complexity index is 1530. The molecule has 388 valence electrons. The summed E-state index contributed by atoms with van der Waals surface area (Å²) < 4.78 is 30.5. The number of carbonyl (C=O) groups is 2. The Kier molecular flexibility index (Phi) is 45.0. The second-order valence-electron chi connectivity index (χ2n) is 18.7. The summed E-state index contributed by atoms with van der Waals surface area (Å²) in [7, 11) is 1.42. The molecule has 68 heavy (non-hydrogen) atoms. The van der Waals surface area contributed by atoms with Crippen LogP contribution in [0.4, 0.5) is 0 Å². The Morgan fingerprint density at radius 1 is 0.544 bits per heavy atom. The normalized spacial score (nSPS) is 14.8. The van der Waals surface area contributed by atoms with E-state index in [2.05, 4.69) is 105 Å². The van der Waals surface area contributed by atoms with Crippen molar-refractivity contribution < 1.29 is 37.3 Å². The van der Waals surface area contributed by atoms with Crippen molar-refractivity contribution in [2.45, 2.75) is 206 Å². The maximum atomic E-state index is 13.4. The number of esters is 1. The van der Waals surface area contributed by atoms with E-state index in [0.29, 0.717) is 23.9 Å². The van der Waals surface area contributed by atoms with Crippen LogP contribution in [0, 0.1) is 0 Å². The summed E-state index contributed by atoms with van der Waals surface area (Å²) in [6.45, 7) is 6.66. The van der Waals surface area contributed by atoms with E-state index in [4.69, 9.17) is 13.8 Å². The van der Waals surface area contributed by atoms with Gasteiger partial charge in [0.1, 0.15) is 19.3 Å². The molecule has 0 aromatic heterocycles. The molecule has 0 saturated heterocycles. The van der Waals surface area contributed by atoms with E-state index in [1.807, 2.05) is 51.5 Å². The summed E-state index contributed by atoms with van der Waals surface area (Å²) in [5.41, 5.74) is 0. The summed E-state index contributed by atoms with van der Waals surface area (Å²) >= 11 is 0. The van der Waals surface area contributed by atoms with Crippen molar-refractivity contribution in [1.82, 2.24) is 5.32 Å². The Morgan fingerprint density at radius 3 is 1.57 bits per heavy atom. The highest BCUT2D eigenvalue weighted by molar-refractivity contribution is 7.47. The van der Waals surface area contributed by atoms with E-state index in [1.54, 1.807) is 0 Å². The number of hydrogen-bond acceptors (Lipinski definition) is 6. The average Bonchev–Trinajstić information content (AvgIpc) is 3.29. The molecule has 0 radical (unpaired) electrons. The van der Waals surface area contributed by atoms with Crippen LogP contribution in [0.3, 0.4) is 0 Å². The second-order valence-corrected chi connectivity index (χ2v) is 20.1. The molecule has 0 aliphatic rings. The lowest BCUT2D eigenvalue weighted by Gasteiger charge is -2.27. The first kappa shape index (κ1) is 64.7. The molecule has 10 heteroatoms. The third kappa shape index (κ3) is 47.7. The molecule has 0 saturated carbocycles. The van der Waals surface area contributed by atoms with Gasteiger partial charge in [-0.25, -0.2) is 4.57 Å². The minimum absolute atomic E-state index is 0.0177. The number of phosphoric ester groups is 1. The van der Waals surface area contributed by atoms with Crippen LogP contribution in [0.15, 0.2) is 109 Å². The van der Waals surface area contributed by atoms with Gasteiger partial charge in [-0.2, -0.15) is 0 Å². The van der Waals surface area contributed by atoms with Crippen molar-refractivity contribution in [2.24, 2.45) is 0 Å². The van der Waals surface area contributed by atoms with Crippen LogP contribution in [0.25, 0.3) is 0 Å². The SMILES string of the molecule is CC/C=C/C=C/C=C\CCCCCCCC(=O)OC(/C=C/CCCCCCCCCCCCC)C(COP(=O)(O)OCC[N+](C)(C)C)NC(=O)CC/C=C/C/C=C/C/C=C/C/C=C/C/C=C/CC. The molecule has 0 fully saturated rings. The fourth-order valence-corrected chi connectivity index (χ4v) is 7.66. The Balaban J connectivity index is 5.59. The molecule has 0 aliphatic carbocycles. The fraction of sp³-hybridized carbons (Fsp3) is 0.655. The van der Waals surface area contributed by atoms with Crippen LogP contribution in [0.5, 0.6) is 0 Å². The van der Waals surface area contributed by atoms with Crippen LogP contribution >= 0.6 is 7.82 Å². The zero-order valence-corrected chi connectivity index (χ0v) is 44.9. The van der Waals surface area contributed by atoms with Gasteiger partial charge in [0.25, 0.3) is 0 Å². The molecule has 0 bridgehead atoms. The lowest BCUT2D eigenvalue weighted by molar-refractivity contribution is -0.870. The quantitative estimate of drug-likeness (QED) is 0.0156. The topological polar surface area (TPSA) is 111 Å². The molecule has 0 aromatic carbocycles. The number of phosphoric acid groups is 1. The predicted molar refractivity (Wildman–Crippen MR) is 290 cm³/mol. The molecule has 0 rings (SSSR count). The zero-order chi connectivity index (χ0) is 50.1. The smallest absolute Gasteiger partial charge is 0.456 e. The standard InChI is InChI=1S/C58H99N2O7P/c1-7-10-13-16-19-22-25-28-29-30-33-35-38-41-44-47-50-57(61)59-55(54-66-68(63,64)65-53-52-60(4,5)6)56(49-46-43-40-37-34-31-26-23-20-17-14-11-8-2)67-58(62)51-48-45-42-39-36-32-27-24-21-18-15-12-9-3/h10,12-13,15,18-19,21-22,24,27-29,33,35,41,44,46,49,55-56H,7-9,11,14,16-17,20,23,25-26,30-32,34,36-40,42-43,45,47-48,50-54H2,1-6H3,(H-,59,61,63,64)/p+1/b13-10+,15-12+,21-18+,22-19+,27-24-,29-28+,35-33+,44-41+,49-46+. The second kappa shape index (κ2) is 47.4. The number of likely N-dealkylation sites (N-methyl/N-ethyl adjacent to an activating group) is 1. The molecule has 3 atom stereocenters. The fourth-order valence-electron chi connectivity index (χ4n) is 6.93. The minimum atomic E-state index is -4.47. The third-order valence-electron chi connectivity index (χ3n) is 11.0. The summed E-state index contributed by atoms with van der Waals surface area (Å²) in [5.74, 6) is -0.636. The van der Waals surface area contributed by atoms with Crippen LogP contribution < -0.4 is 5.32 Å². The van der Waals surface area contributed by atoms with Gasteiger partial charge < -0.3 is 19.4 Å². The van der Waals surface area contributed by atoms with Gasteiger partial charge >= 0.3 is 13.8 Å². The number of unbranched alkanes of at least 4 members (excludes halogenated alkanes) is 16. The molecule has 0 aromatic rings. The van der Waals surface area contributed by atoms with Crippen LogP contribution in [-0.2, 0) is 27.9 Å². The lowest BCUT2D eigenvalue weighted by Crippen LogP contribution is -2.47. The summed E-state index contributed by atoms with van der Waals surface area (Å²) in [6.07, 6.45) is 63.9. The van der Waals surface area contributed by atoms with Gasteiger partial charge in [0.15, 0.2) is 0 Å². The van der Waals surface area contributed by atoms with Gasteiger partial charge in [-0.05, 0) is 83.1 Å². The highest BCUT2D eigenvalue weighted by atomic mass is 31.2. The van der Waals surface area contributed by atoms with E-state index in [1.165, 1.54) is 57.8 Å². The highest BCUT2D eigenvalue weighted by Gasteiger charge is 2.30. The molecule has 2 N–H and O–H groups in total. The predicted octanol–water partition coefficient (Wildman–Crippen LogP) is 15.8. The van der Waals surface area contributed by atoms with Gasteiger partial charge in [0.05, 0.1) is 33.8 Å². The Morgan fingerprint density at radius 2 is 1.03 bits per heavy atom. The first-order valence-corrected chi connectivity index (χ1v) is 28.2. The molecule has 1 amide bonds. The maximum Gasteiger partial charge on any atom is 0.472 e. The van der Waals surface area contributed by atoms with Crippen molar-refractivity contribution >= 4 is 19.7 Å². The summed E-state index contributed by atoms with van der Waals surface area (Å²) in [5, 5.41) is 2.98. The van der Waals surface area contributed by atoms with E-state index in [9.17, 15) is 19.0 Å². The number of carbonyl (C=O) groups excluding carboxylic acids is 2. The first-order valence-electron chi connectivity index (χ1n) is 26.7. The number of rotatable bonds is 46. The monoisotopic (exact) mass is 968 g/mol. The Hall–Kier alpha value is -3.33. The van der Waals surface area contributed by atoms with E-state index in [-0.39, 0.29) is 37.9 Å². The van der Waals surface area contributed by atoms with Gasteiger partial charge in [0.2, 0.25) is 5.91 Å². The van der Waals surface area contributed by atoms with Crippen LogP contribution in [0.1, 0.15) is 194 Å². The lowest BCUT2D eigenvalue weighted by atomic mass is 10.0. The number of hydrogen-bond donors (Lipinski definition) is 2. The van der Waals surface area contributed by atoms with Crippen molar-refractivity contribution in [1.29, 1.82) is 0 Å². The van der Waals surface area contributed by atoms with Crippen molar-refractivity contribution in [3.63, 3.8) is 0 Å². The van der Waals surface area contributed by atoms with Crippen molar-refractivity contribution in [3.05, 3.63) is 109 Å². The number of quaternary nitrogens is 1. The molecule has 0 heterocycles. The molecule has 0 aliphatic heterocycles. The molecular weight excluding hydrogens is 868 g/mol. The highest BCUT2D eigenvalue weighted by Crippen LogP contribution is 2.43. The van der Waals surface area contributed by atoms with E-state index >= 15 is 0 Å². The number of amides is 1. The average molecular weight is 968 g/mol. The van der Waals surface area contributed by atoms with Crippen LogP contribution in [-0.4, -0.2) is 74.3 Å². The number of nitrogens with zero attached hydrogens (tertiary/aromatic N) is 1. The van der Waals surface area contributed by atoms with E-state index in [0.717, 1.165) is 89.9 Å². The van der Waals surface area contributed by atoms with Crippen LogP contribution in [0.2, 0.25) is 0 Å². The minimum Gasteiger partial charge on any atom is -0.456 e. The van der Waals surface area contributed by atoms with Crippen molar-refractivity contribution in [3.8, 4) is 0 Å². The van der Waals surface area contributed by atoms with Crippen molar-refractivity contribution in [2.75, 3.05) is 40.9 Å². The van der Waals surface area contributed by atoms with E-state index < -0.39 is 20.0 Å². The van der Waals surface area contributed by atoms with Gasteiger partial charge in [-0.15, -0.1) is 0 Å². The number of allylic oxidation sites excluding steroid dienone is 17. The number of nitrogens with one attached hydrogen (secondary N) is 1. The third-order valence-corrected chi connectivity index (χ3v) is 12.0. The molecular formula is C58H100N2O7P+. The largest absolute Gasteiger partial charge is 0.472 e. The number of ether oxygens (including phenoxy) is 1. The Labute approximate surface area is 417 Å². The molecule has 9 nitrogen and oxygen atoms in total.